The Balaban J connectivity index is 2.30. The summed E-state index contributed by atoms with van der Waals surface area (Å²) in [7, 11) is 5.53. The molecule has 0 aliphatic rings. The lowest BCUT2D eigenvalue weighted by Crippen LogP contribution is -2.19. The third-order valence-electron chi connectivity index (χ3n) is 2.94. The first-order valence-corrected chi connectivity index (χ1v) is 8.35. The van der Waals surface area contributed by atoms with Crippen LogP contribution in [-0.2, 0) is 0 Å². The number of benzene rings is 1. The number of ether oxygens (including phenoxy) is 2. The molecular weight excluding hydrogens is 343 g/mol. The third-order valence-corrected chi connectivity index (χ3v) is 4.37. The first-order valence-electron chi connectivity index (χ1n) is 6.65. The second-order valence-corrected chi connectivity index (χ2v) is 6.40. The molecule has 0 spiro atoms. The molecule has 0 saturated carbocycles. The van der Waals surface area contributed by atoms with Gasteiger partial charge in [0.25, 0.3) is 0 Å². The van der Waals surface area contributed by atoms with Crippen LogP contribution in [0.2, 0.25) is 10.0 Å². The summed E-state index contributed by atoms with van der Waals surface area (Å²) in [6.45, 7) is 1.31. The number of anilines is 2. The number of thiophene rings is 1. The van der Waals surface area contributed by atoms with Crippen molar-refractivity contribution >= 4 is 45.9 Å². The molecule has 1 N–H and O–H groups in total. The first-order chi connectivity index (χ1) is 10.5. The number of hydrogen-bond donors (Lipinski definition) is 1. The van der Waals surface area contributed by atoms with E-state index in [9.17, 15) is 0 Å². The van der Waals surface area contributed by atoms with E-state index in [0.717, 1.165) is 12.2 Å². The zero-order valence-corrected chi connectivity index (χ0v) is 15.0. The van der Waals surface area contributed by atoms with E-state index in [1.807, 2.05) is 35.8 Å². The van der Waals surface area contributed by atoms with Crippen molar-refractivity contribution in [3.8, 4) is 11.5 Å². The van der Waals surface area contributed by atoms with Gasteiger partial charge in [-0.25, -0.2) is 0 Å². The molecular formula is C15H18Cl2N2O2S. The zero-order chi connectivity index (χ0) is 16.1. The van der Waals surface area contributed by atoms with Gasteiger partial charge < -0.3 is 19.7 Å². The highest BCUT2D eigenvalue weighted by atomic mass is 35.5. The molecule has 0 aliphatic carbocycles. The van der Waals surface area contributed by atoms with Gasteiger partial charge in [0.05, 0.1) is 12.8 Å². The van der Waals surface area contributed by atoms with Crippen LogP contribution in [0.4, 0.5) is 11.4 Å². The quantitative estimate of drug-likeness (QED) is 0.772. The highest BCUT2D eigenvalue weighted by Gasteiger charge is 2.18. The molecule has 7 heteroatoms. The molecule has 120 valence electrons. The molecule has 22 heavy (non-hydrogen) atoms. The molecule has 0 unspecified atom stereocenters. The van der Waals surface area contributed by atoms with Crippen molar-refractivity contribution in [1.29, 1.82) is 0 Å². The maximum absolute atomic E-state index is 6.44. The van der Waals surface area contributed by atoms with E-state index in [-0.39, 0.29) is 0 Å². The number of likely N-dealkylation sites (N-methyl/N-ethyl adjacent to an activating group) is 1. The van der Waals surface area contributed by atoms with Gasteiger partial charge >= 0.3 is 0 Å². The fourth-order valence-corrected chi connectivity index (χ4v) is 2.93. The standard InChI is InChI=1S/C15H18Cl2N2O2S/c1-19(2)5-6-21-12-8-11(20-3)13(16)15(14(12)17)18-10-4-7-22-9-10/h4,7-9,18H,5-6H2,1-3H3. The smallest absolute Gasteiger partial charge is 0.143 e. The average molecular weight is 361 g/mol. The van der Waals surface area contributed by atoms with Crippen molar-refractivity contribution in [2.24, 2.45) is 0 Å². The minimum atomic E-state index is 0.429. The van der Waals surface area contributed by atoms with Gasteiger partial charge in [0.1, 0.15) is 28.2 Å². The molecule has 0 radical (unpaired) electrons. The van der Waals surface area contributed by atoms with Crippen LogP contribution >= 0.6 is 34.5 Å². The fraction of sp³-hybridized carbons (Fsp3) is 0.333. The molecule has 2 aromatic rings. The summed E-state index contributed by atoms with van der Waals surface area (Å²) in [5.41, 5.74) is 1.50. The molecule has 0 aliphatic heterocycles. The topological polar surface area (TPSA) is 33.7 Å². The predicted octanol–water partition coefficient (Wildman–Crippen LogP) is 4.75. The Labute approximate surface area is 144 Å². The van der Waals surface area contributed by atoms with E-state index in [4.69, 9.17) is 32.7 Å². The van der Waals surface area contributed by atoms with Crippen molar-refractivity contribution in [2.75, 3.05) is 39.7 Å². The van der Waals surface area contributed by atoms with E-state index in [0.29, 0.717) is 33.8 Å². The largest absolute Gasteiger partial charge is 0.495 e. The summed E-state index contributed by atoms with van der Waals surface area (Å²) in [4.78, 5) is 2.03. The minimum absolute atomic E-state index is 0.429. The Morgan fingerprint density at radius 3 is 2.55 bits per heavy atom. The molecule has 1 heterocycles. The lowest BCUT2D eigenvalue weighted by Gasteiger charge is -2.17. The van der Waals surface area contributed by atoms with Crippen LogP contribution in [0.3, 0.4) is 0 Å². The molecule has 1 aromatic heterocycles. The van der Waals surface area contributed by atoms with Gasteiger partial charge in [0, 0.05) is 23.7 Å². The predicted molar refractivity (Wildman–Crippen MR) is 94.7 cm³/mol. The lowest BCUT2D eigenvalue weighted by atomic mass is 10.2. The van der Waals surface area contributed by atoms with Gasteiger partial charge in [0.2, 0.25) is 0 Å². The molecule has 1 aromatic carbocycles. The molecule has 0 bridgehead atoms. The molecule has 0 atom stereocenters. The average Bonchev–Trinajstić information content (AvgIpc) is 2.98. The number of methoxy groups -OCH3 is 1. The number of nitrogens with one attached hydrogen (secondary N) is 1. The van der Waals surface area contributed by atoms with Crippen molar-refractivity contribution in [1.82, 2.24) is 4.90 Å². The summed E-state index contributed by atoms with van der Waals surface area (Å²) in [6.07, 6.45) is 0. The highest BCUT2D eigenvalue weighted by molar-refractivity contribution is 7.08. The van der Waals surface area contributed by atoms with Crippen LogP contribution in [0.25, 0.3) is 0 Å². The van der Waals surface area contributed by atoms with E-state index >= 15 is 0 Å². The third kappa shape index (κ3) is 4.20. The summed E-state index contributed by atoms with van der Waals surface area (Å²) >= 11 is 14.4. The fourth-order valence-electron chi connectivity index (χ4n) is 1.77. The molecule has 4 nitrogen and oxygen atoms in total. The highest BCUT2D eigenvalue weighted by Crippen LogP contribution is 2.45. The monoisotopic (exact) mass is 360 g/mol. The van der Waals surface area contributed by atoms with Gasteiger partial charge in [0.15, 0.2) is 0 Å². The van der Waals surface area contributed by atoms with Gasteiger partial charge in [-0.05, 0) is 25.5 Å². The van der Waals surface area contributed by atoms with Crippen LogP contribution in [0, 0.1) is 0 Å². The van der Waals surface area contributed by atoms with E-state index in [1.165, 1.54) is 0 Å². The van der Waals surface area contributed by atoms with Gasteiger partial charge in [-0.15, -0.1) is 0 Å². The summed E-state index contributed by atoms with van der Waals surface area (Å²) in [6, 6.07) is 3.66. The second-order valence-electron chi connectivity index (χ2n) is 4.87. The molecule has 0 amide bonds. The maximum atomic E-state index is 6.44. The normalized spacial score (nSPS) is 10.8. The van der Waals surface area contributed by atoms with Crippen LogP contribution in [0.15, 0.2) is 22.9 Å². The number of hydrogen-bond acceptors (Lipinski definition) is 5. The summed E-state index contributed by atoms with van der Waals surface area (Å²) in [5, 5.41) is 8.02. The maximum Gasteiger partial charge on any atom is 0.143 e. The molecule has 2 rings (SSSR count). The van der Waals surface area contributed by atoms with Crippen LogP contribution in [0.5, 0.6) is 11.5 Å². The first kappa shape index (κ1) is 17.2. The van der Waals surface area contributed by atoms with Crippen LogP contribution < -0.4 is 14.8 Å². The SMILES string of the molecule is COc1cc(OCCN(C)C)c(Cl)c(Nc2ccsc2)c1Cl. The number of rotatable bonds is 7. The van der Waals surface area contributed by atoms with Gasteiger partial charge in [-0.3, -0.25) is 0 Å². The Hall–Kier alpha value is -1.14. The molecule has 0 fully saturated rings. The van der Waals surface area contributed by atoms with Crippen molar-refractivity contribution in [2.45, 2.75) is 0 Å². The van der Waals surface area contributed by atoms with Gasteiger partial charge in [-0.1, -0.05) is 23.2 Å². The van der Waals surface area contributed by atoms with Crippen LogP contribution in [-0.4, -0.2) is 39.3 Å². The van der Waals surface area contributed by atoms with E-state index in [2.05, 4.69) is 5.32 Å². The summed E-state index contributed by atoms with van der Waals surface area (Å²) < 4.78 is 11.1. The Bertz CT molecular complexity index is 619. The van der Waals surface area contributed by atoms with Crippen molar-refractivity contribution < 1.29 is 9.47 Å². The van der Waals surface area contributed by atoms with E-state index < -0.39 is 0 Å². The zero-order valence-electron chi connectivity index (χ0n) is 12.7. The second kappa shape index (κ2) is 7.92. The van der Waals surface area contributed by atoms with Gasteiger partial charge in [-0.2, -0.15) is 11.3 Å². The number of nitrogens with zero attached hydrogens (tertiary/aromatic N) is 1. The Kier molecular flexibility index (Phi) is 6.20. The van der Waals surface area contributed by atoms with E-state index in [1.54, 1.807) is 24.5 Å². The molecule has 0 saturated heterocycles. The Morgan fingerprint density at radius 2 is 1.95 bits per heavy atom. The van der Waals surface area contributed by atoms with Crippen molar-refractivity contribution in [3.05, 3.63) is 32.9 Å². The lowest BCUT2D eigenvalue weighted by molar-refractivity contribution is 0.260. The van der Waals surface area contributed by atoms with Crippen LogP contribution in [0.1, 0.15) is 0 Å². The van der Waals surface area contributed by atoms with Crippen molar-refractivity contribution in [3.63, 3.8) is 0 Å². The number of halogens is 2. The minimum Gasteiger partial charge on any atom is -0.495 e. The Morgan fingerprint density at radius 1 is 1.23 bits per heavy atom. The summed E-state index contributed by atoms with van der Waals surface area (Å²) in [5.74, 6) is 1.06.